The second kappa shape index (κ2) is 5.08. The van der Waals surface area contributed by atoms with Gasteiger partial charge < -0.3 is 15.4 Å². The summed E-state index contributed by atoms with van der Waals surface area (Å²) < 4.78 is 5.67. The maximum Gasteiger partial charge on any atom is 0.255 e. The van der Waals surface area contributed by atoms with Crippen LogP contribution in [0.1, 0.15) is 33.6 Å². The zero-order chi connectivity index (χ0) is 13.1. The van der Waals surface area contributed by atoms with Gasteiger partial charge in [-0.05, 0) is 25.0 Å². The second-order valence-electron chi connectivity index (χ2n) is 4.15. The van der Waals surface area contributed by atoms with Crippen molar-refractivity contribution in [1.82, 2.24) is 10.6 Å². The van der Waals surface area contributed by atoms with E-state index in [1.54, 1.807) is 18.2 Å². The van der Waals surface area contributed by atoms with Crippen molar-refractivity contribution in [3.05, 3.63) is 29.3 Å². The van der Waals surface area contributed by atoms with Gasteiger partial charge >= 0.3 is 0 Å². The minimum atomic E-state index is -0.315. The van der Waals surface area contributed by atoms with E-state index < -0.39 is 0 Å². The first-order chi connectivity index (χ1) is 8.67. The van der Waals surface area contributed by atoms with Crippen LogP contribution in [-0.4, -0.2) is 32.0 Å². The molecule has 0 saturated heterocycles. The average molecular weight is 248 g/mol. The predicted octanol–water partition coefficient (Wildman–Crippen LogP) is 0.947. The van der Waals surface area contributed by atoms with Crippen LogP contribution in [0.3, 0.4) is 0 Å². The molecule has 1 saturated carbocycles. The normalized spacial score (nSPS) is 13.9. The van der Waals surface area contributed by atoms with Gasteiger partial charge in [0.05, 0.1) is 17.2 Å². The van der Waals surface area contributed by atoms with Gasteiger partial charge in [-0.25, -0.2) is 0 Å². The highest BCUT2D eigenvalue weighted by atomic mass is 16.5. The number of hydrogen-bond donors (Lipinski definition) is 2. The number of ether oxygens (including phenoxy) is 1. The SMILES string of the molecule is CNC(=O)c1cccc(OC2CC2)c1C(=O)NC. The highest BCUT2D eigenvalue weighted by Gasteiger charge is 2.27. The number of nitrogens with one attached hydrogen (secondary N) is 2. The summed E-state index contributed by atoms with van der Waals surface area (Å²) in [6, 6.07) is 5.05. The van der Waals surface area contributed by atoms with Gasteiger partial charge in [-0.2, -0.15) is 0 Å². The lowest BCUT2D eigenvalue weighted by molar-refractivity contribution is 0.0925. The lowest BCUT2D eigenvalue weighted by Gasteiger charge is -2.13. The molecule has 1 fully saturated rings. The zero-order valence-electron chi connectivity index (χ0n) is 10.4. The van der Waals surface area contributed by atoms with E-state index in [2.05, 4.69) is 10.6 Å². The fraction of sp³-hybridized carbons (Fsp3) is 0.385. The Labute approximate surface area is 106 Å². The Morgan fingerprint density at radius 3 is 2.39 bits per heavy atom. The molecule has 0 spiro atoms. The lowest BCUT2D eigenvalue weighted by Crippen LogP contribution is -2.26. The van der Waals surface area contributed by atoms with Crippen LogP contribution in [0.5, 0.6) is 5.75 Å². The van der Waals surface area contributed by atoms with Crippen LogP contribution in [-0.2, 0) is 0 Å². The monoisotopic (exact) mass is 248 g/mol. The maximum absolute atomic E-state index is 11.9. The molecule has 5 heteroatoms. The van der Waals surface area contributed by atoms with Gasteiger partial charge in [0.2, 0.25) is 0 Å². The molecule has 96 valence electrons. The molecule has 0 aromatic heterocycles. The summed E-state index contributed by atoms with van der Waals surface area (Å²) in [5, 5.41) is 5.06. The summed E-state index contributed by atoms with van der Waals surface area (Å²) >= 11 is 0. The quantitative estimate of drug-likeness (QED) is 0.833. The van der Waals surface area contributed by atoms with E-state index in [1.165, 1.54) is 14.1 Å². The molecule has 1 aliphatic carbocycles. The van der Waals surface area contributed by atoms with E-state index in [0.29, 0.717) is 16.9 Å². The van der Waals surface area contributed by atoms with Crippen LogP contribution < -0.4 is 15.4 Å². The predicted molar refractivity (Wildman–Crippen MR) is 66.9 cm³/mol. The summed E-state index contributed by atoms with van der Waals surface area (Å²) in [6.07, 6.45) is 2.17. The van der Waals surface area contributed by atoms with Gasteiger partial charge in [-0.15, -0.1) is 0 Å². The molecule has 0 unspecified atom stereocenters. The number of benzene rings is 1. The van der Waals surface area contributed by atoms with Crippen LogP contribution in [0, 0.1) is 0 Å². The Morgan fingerprint density at radius 2 is 1.83 bits per heavy atom. The Balaban J connectivity index is 2.44. The van der Waals surface area contributed by atoms with Gasteiger partial charge in [-0.3, -0.25) is 9.59 Å². The van der Waals surface area contributed by atoms with E-state index >= 15 is 0 Å². The van der Waals surface area contributed by atoms with Crippen LogP contribution in [0.4, 0.5) is 0 Å². The summed E-state index contributed by atoms with van der Waals surface area (Å²) in [6.45, 7) is 0. The molecule has 1 aromatic carbocycles. The van der Waals surface area contributed by atoms with Gasteiger partial charge in [0.25, 0.3) is 11.8 Å². The highest BCUT2D eigenvalue weighted by molar-refractivity contribution is 6.08. The van der Waals surface area contributed by atoms with Crippen LogP contribution >= 0.6 is 0 Å². The highest BCUT2D eigenvalue weighted by Crippen LogP contribution is 2.30. The molecule has 0 atom stereocenters. The molecule has 0 aliphatic heterocycles. The Hall–Kier alpha value is -2.04. The van der Waals surface area contributed by atoms with Crippen molar-refractivity contribution in [2.75, 3.05) is 14.1 Å². The minimum absolute atomic E-state index is 0.174. The summed E-state index contributed by atoms with van der Waals surface area (Å²) in [7, 11) is 3.06. The van der Waals surface area contributed by atoms with Crippen LogP contribution in [0.15, 0.2) is 18.2 Å². The number of carbonyl (C=O) groups is 2. The molecule has 2 rings (SSSR count). The molecule has 1 aliphatic rings. The first-order valence-electron chi connectivity index (χ1n) is 5.91. The summed E-state index contributed by atoms with van der Waals surface area (Å²) in [5.74, 6) is -0.141. The third-order valence-electron chi connectivity index (χ3n) is 2.77. The average Bonchev–Trinajstić information content (AvgIpc) is 3.20. The Bertz CT molecular complexity index is 481. The standard InChI is InChI=1S/C13H16N2O3/c1-14-12(16)9-4-3-5-10(18-8-6-7-8)11(9)13(17)15-2/h3-5,8H,6-7H2,1-2H3,(H,14,16)(H,15,17). The Kier molecular flexibility index (Phi) is 3.50. The number of rotatable bonds is 4. The lowest BCUT2D eigenvalue weighted by atomic mass is 10.0. The molecule has 0 heterocycles. The topological polar surface area (TPSA) is 67.4 Å². The van der Waals surface area contributed by atoms with Crippen molar-refractivity contribution in [3.63, 3.8) is 0 Å². The molecule has 1 aromatic rings. The van der Waals surface area contributed by atoms with Crippen molar-refractivity contribution >= 4 is 11.8 Å². The fourth-order valence-corrected chi connectivity index (χ4v) is 1.68. The smallest absolute Gasteiger partial charge is 0.255 e. The van der Waals surface area contributed by atoms with Crippen LogP contribution in [0.25, 0.3) is 0 Å². The second-order valence-corrected chi connectivity index (χ2v) is 4.15. The van der Waals surface area contributed by atoms with Gasteiger partial charge in [0, 0.05) is 14.1 Å². The third-order valence-corrected chi connectivity index (χ3v) is 2.77. The summed E-state index contributed by atoms with van der Waals surface area (Å²) in [4.78, 5) is 23.7. The number of hydrogen-bond acceptors (Lipinski definition) is 3. The summed E-state index contributed by atoms with van der Waals surface area (Å²) in [5.41, 5.74) is 0.626. The molecular weight excluding hydrogens is 232 g/mol. The zero-order valence-corrected chi connectivity index (χ0v) is 10.4. The van der Waals surface area contributed by atoms with E-state index in [0.717, 1.165) is 12.8 Å². The molecule has 0 radical (unpaired) electrons. The largest absolute Gasteiger partial charge is 0.490 e. The van der Waals surface area contributed by atoms with Crippen molar-refractivity contribution in [2.45, 2.75) is 18.9 Å². The Morgan fingerprint density at radius 1 is 1.17 bits per heavy atom. The molecule has 2 N–H and O–H groups in total. The first-order valence-corrected chi connectivity index (χ1v) is 5.91. The number of amides is 2. The van der Waals surface area contributed by atoms with Gasteiger partial charge in [-0.1, -0.05) is 6.07 Å². The first kappa shape index (κ1) is 12.4. The van der Waals surface area contributed by atoms with Gasteiger partial charge in [0.1, 0.15) is 5.75 Å². The van der Waals surface area contributed by atoms with E-state index in [9.17, 15) is 9.59 Å². The van der Waals surface area contributed by atoms with E-state index in [1.807, 2.05) is 0 Å². The third kappa shape index (κ3) is 2.45. The van der Waals surface area contributed by atoms with Gasteiger partial charge in [0.15, 0.2) is 0 Å². The van der Waals surface area contributed by atoms with Crippen molar-refractivity contribution in [2.24, 2.45) is 0 Å². The molecule has 0 bridgehead atoms. The molecule has 5 nitrogen and oxygen atoms in total. The van der Waals surface area contributed by atoms with Crippen molar-refractivity contribution < 1.29 is 14.3 Å². The van der Waals surface area contributed by atoms with E-state index in [-0.39, 0.29) is 17.9 Å². The van der Waals surface area contributed by atoms with Crippen molar-refractivity contribution in [3.8, 4) is 5.75 Å². The molecular formula is C13H16N2O3. The number of carbonyl (C=O) groups excluding carboxylic acids is 2. The fourth-order valence-electron chi connectivity index (χ4n) is 1.68. The minimum Gasteiger partial charge on any atom is -0.490 e. The van der Waals surface area contributed by atoms with E-state index in [4.69, 9.17) is 4.74 Å². The molecule has 2 amide bonds. The van der Waals surface area contributed by atoms with Crippen LogP contribution in [0.2, 0.25) is 0 Å². The molecule has 18 heavy (non-hydrogen) atoms. The maximum atomic E-state index is 11.9. The van der Waals surface area contributed by atoms with Crippen molar-refractivity contribution in [1.29, 1.82) is 0 Å².